The van der Waals surface area contributed by atoms with Crippen LogP contribution in [-0.4, -0.2) is 28.0 Å². The second kappa shape index (κ2) is 9.06. The van der Waals surface area contributed by atoms with Crippen LogP contribution < -0.4 is 5.32 Å². The highest BCUT2D eigenvalue weighted by Crippen LogP contribution is 2.40. The molecule has 2 aromatic heterocycles. The van der Waals surface area contributed by atoms with Gasteiger partial charge in [0.1, 0.15) is 15.5 Å². The molecule has 0 radical (unpaired) electrons. The maximum Gasteiger partial charge on any atom is 0.425 e. The number of benzene rings is 2. The molecular formula is C22H15F3N4O4S. The summed E-state index contributed by atoms with van der Waals surface area (Å²) in [6, 6.07) is 13.0. The van der Waals surface area contributed by atoms with Crippen molar-refractivity contribution >= 4 is 39.0 Å². The second-order valence-electron chi connectivity index (χ2n) is 7.07. The number of methoxy groups -OCH3 is 1. The summed E-state index contributed by atoms with van der Waals surface area (Å²) in [5.74, 6) is -0.230. The third kappa shape index (κ3) is 4.81. The first-order chi connectivity index (χ1) is 16.2. The Morgan fingerprint density at radius 1 is 1.15 bits per heavy atom. The highest BCUT2D eigenvalue weighted by molar-refractivity contribution is 7.18. The molecule has 0 atom stereocenters. The minimum atomic E-state index is -4.55. The molecule has 12 heteroatoms. The van der Waals surface area contributed by atoms with E-state index in [0.717, 1.165) is 6.07 Å². The number of rotatable bonds is 6. The van der Waals surface area contributed by atoms with Gasteiger partial charge < -0.3 is 10.1 Å². The minimum Gasteiger partial charge on any atom is -0.465 e. The molecule has 0 amide bonds. The van der Waals surface area contributed by atoms with Crippen molar-refractivity contribution in [2.75, 3.05) is 12.4 Å². The number of nitro benzene ring substituents is 1. The summed E-state index contributed by atoms with van der Waals surface area (Å²) in [5.41, 5.74) is 1.23. The van der Waals surface area contributed by atoms with Gasteiger partial charge in [-0.25, -0.2) is 14.8 Å². The Morgan fingerprint density at radius 2 is 1.88 bits per heavy atom. The maximum atomic E-state index is 13.3. The van der Waals surface area contributed by atoms with Crippen molar-refractivity contribution in [3.63, 3.8) is 0 Å². The smallest absolute Gasteiger partial charge is 0.425 e. The Hall–Kier alpha value is -4.06. The number of aromatic nitrogens is 2. The van der Waals surface area contributed by atoms with Crippen LogP contribution in [0.25, 0.3) is 21.6 Å². The number of alkyl halides is 3. The molecule has 0 aliphatic heterocycles. The van der Waals surface area contributed by atoms with Gasteiger partial charge in [-0.15, -0.1) is 11.3 Å². The van der Waals surface area contributed by atoms with E-state index < -0.39 is 21.9 Å². The van der Waals surface area contributed by atoms with Crippen molar-refractivity contribution < 1.29 is 27.6 Å². The van der Waals surface area contributed by atoms with Gasteiger partial charge >= 0.3 is 12.1 Å². The molecular weight excluding hydrogens is 473 g/mol. The Bertz CT molecular complexity index is 1390. The first-order valence-electron chi connectivity index (χ1n) is 9.70. The number of fused-ring (bicyclic) bond motifs is 1. The second-order valence-corrected chi connectivity index (χ2v) is 8.10. The molecule has 0 fully saturated rings. The number of nitrogens with one attached hydrogen (secondary N) is 1. The van der Waals surface area contributed by atoms with E-state index >= 15 is 0 Å². The lowest BCUT2D eigenvalue weighted by Crippen LogP contribution is -2.04. The van der Waals surface area contributed by atoms with Gasteiger partial charge in [0.2, 0.25) is 0 Å². The molecule has 8 nitrogen and oxygen atoms in total. The summed E-state index contributed by atoms with van der Waals surface area (Å²) in [4.78, 5) is 30.1. The Kier molecular flexibility index (Phi) is 6.16. The fraction of sp³-hybridized carbons (Fsp3) is 0.136. The van der Waals surface area contributed by atoms with Crippen LogP contribution in [0.1, 0.15) is 20.8 Å². The summed E-state index contributed by atoms with van der Waals surface area (Å²) in [7, 11) is 1.25. The van der Waals surface area contributed by atoms with Gasteiger partial charge in [-0.1, -0.05) is 24.3 Å². The molecule has 0 saturated carbocycles. The monoisotopic (exact) mass is 488 g/mol. The first kappa shape index (κ1) is 23.1. The van der Waals surface area contributed by atoms with Crippen LogP contribution in [0.4, 0.5) is 24.7 Å². The molecule has 4 rings (SSSR count). The lowest BCUT2D eigenvalue weighted by atomic mass is 10.1. The summed E-state index contributed by atoms with van der Waals surface area (Å²) in [6.07, 6.45) is -4.55. The zero-order valence-corrected chi connectivity index (χ0v) is 18.2. The molecule has 0 aliphatic rings. The number of esters is 1. The normalized spacial score (nSPS) is 11.4. The zero-order valence-electron chi connectivity index (χ0n) is 17.4. The van der Waals surface area contributed by atoms with Crippen LogP contribution >= 0.6 is 11.3 Å². The Morgan fingerprint density at radius 3 is 2.53 bits per heavy atom. The van der Waals surface area contributed by atoms with Gasteiger partial charge in [0.05, 0.1) is 23.0 Å². The quantitative estimate of drug-likeness (QED) is 0.211. The number of non-ortho nitro benzene ring substituents is 1. The van der Waals surface area contributed by atoms with Gasteiger partial charge in [0, 0.05) is 24.2 Å². The van der Waals surface area contributed by atoms with Crippen molar-refractivity contribution in [3.8, 4) is 11.4 Å². The molecule has 0 bridgehead atoms. The van der Waals surface area contributed by atoms with Gasteiger partial charge in [-0.2, -0.15) is 13.2 Å². The molecule has 2 heterocycles. The fourth-order valence-electron chi connectivity index (χ4n) is 3.16. The number of halogens is 3. The maximum absolute atomic E-state index is 13.3. The fourth-order valence-corrected chi connectivity index (χ4v) is 4.06. The van der Waals surface area contributed by atoms with E-state index in [-0.39, 0.29) is 34.1 Å². The van der Waals surface area contributed by atoms with Crippen molar-refractivity contribution in [1.29, 1.82) is 0 Å². The van der Waals surface area contributed by atoms with Gasteiger partial charge in [0.25, 0.3) is 5.69 Å². The van der Waals surface area contributed by atoms with Crippen LogP contribution in [0.2, 0.25) is 0 Å². The van der Waals surface area contributed by atoms with Crippen molar-refractivity contribution in [2.45, 2.75) is 12.7 Å². The van der Waals surface area contributed by atoms with E-state index in [2.05, 4.69) is 20.0 Å². The molecule has 0 unspecified atom stereocenters. The third-order valence-corrected chi connectivity index (χ3v) is 5.89. The SMILES string of the molecule is COC(=O)c1ccc(-c2nc(NCc3cccc([N+](=O)[O-])c3)c3cc(C(F)(F)F)sc3n2)cc1. The van der Waals surface area contributed by atoms with E-state index in [0.29, 0.717) is 28.0 Å². The standard InChI is InChI=1S/C22H15F3N4O4S/c1-33-21(30)14-7-5-13(6-8-14)18-27-19(16-10-17(22(23,24)25)34-20(16)28-18)26-11-12-3-2-4-15(9-12)29(31)32/h2-10H,11H2,1H3,(H,26,27,28). The number of thiophene rings is 1. The van der Waals surface area contributed by atoms with Gasteiger partial charge in [-0.05, 0) is 23.8 Å². The number of anilines is 1. The van der Waals surface area contributed by atoms with Crippen LogP contribution in [0.5, 0.6) is 0 Å². The van der Waals surface area contributed by atoms with Crippen LogP contribution in [-0.2, 0) is 17.5 Å². The number of carbonyl (C=O) groups excluding carboxylic acids is 1. The van der Waals surface area contributed by atoms with Crippen molar-refractivity contribution in [3.05, 3.63) is 80.7 Å². The highest BCUT2D eigenvalue weighted by atomic mass is 32.1. The summed E-state index contributed by atoms with van der Waals surface area (Å²) in [6.45, 7) is 0.0890. The summed E-state index contributed by atoms with van der Waals surface area (Å²) < 4.78 is 44.7. The topological polar surface area (TPSA) is 107 Å². The molecule has 174 valence electrons. The Labute approximate surface area is 194 Å². The largest absolute Gasteiger partial charge is 0.465 e. The third-order valence-electron chi connectivity index (χ3n) is 4.82. The first-order valence-corrected chi connectivity index (χ1v) is 10.5. The van der Waals surface area contributed by atoms with E-state index in [4.69, 9.17) is 0 Å². The molecule has 1 N–H and O–H groups in total. The van der Waals surface area contributed by atoms with E-state index in [9.17, 15) is 28.1 Å². The minimum absolute atomic E-state index is 0.0890. The lowest BCUT2D eigenvalue weighted by molar-refractivity contribution is -0.384. The molecule has 0 spiro atoms. The number of hydrogen-bond acceptors (Lipinski definition) is 8. The van der Waals surface area contributed by atoms with Crippen LogP contribution in [0.15, 0.2) is 54.6 Å². The highest BCUT2D eigenvalue weighted by Gasteiger charge is 2.33. The summed E-state index contributed by atoms with van der Waals surface area (Å²) >= 11 is 0.487. The Balaban J connectivity index is 1.74. The number of carbonyl (C=O) groups is 1. The van der Waals surface area contributed by atoms with Gasteiger partial charge in [-0.3, -0.25) is 10.1 Å². The lowest BCUT2D eigenvalue weighted by Gasteiger charge is -2.09. The average molecular weight is 488 g/mol. The molecule has 2 aromatic carbocycles. The number of hydrogen-bond donors (Lipinski definition) is 1. The zero-order chi connectivity index (χ0) is 24.5. The van der Waals surface area contributed by atoms with Crippen LogP contribution in [0, 0.1) is 10.1 Å². The average Bonchev–Trinajstić information content (AvgIpc) is 3.27. The van der Waals surface area contributed by atoms with Gasteiger partial charge in [0.15, 0.2) is 5.82 Å². The van der Waals surface area contributed by atoms with E-state index in [1.807, 2.05) is 0 Å². The molecule has 4 aromatic rings. The predicted octanol–water partition coefficient (Wildman–Crippen LogP) is 5.68. The molecule has 0 aliphatic carbocycles. The van der Waals surface area contributed by atoms with Crippen molar-refractivity contribution in [1.82, 2.24) is 9.97 Å². The number of nitro groups is 1. The van der Waals surface area contributed by atoms with E-state index in [1.165, 1.54) is 37.4 Å². The summed E-state index contributed by atoms with van der Waals surface area (Å²) in [5, 5.41) is 14.2. The van der Waals surface area contributed by atoms with Crippen LogP contribution in [0.3, 0.4) is 0 Å². The number of ether oxygens (including phenoxy) is 1. The molecule has 34 heavy (non-hydrogen) atoms. The van der Waals surface area contributed by atoms with E-state index in [1.54, 1.807) is 18.2 Å². The predicted molar refractivity (Wildman–Crippen MR) is 120 cm³/mol. The van der Waals surface area contributed by atoms with Crippen molar-refractivity contribution in [2.24, 2.45) is 0 Å². The molecule has 0 saturated heterocycles. The number of nitrogens with zero attached hydrogens (tertiary/aromatic N) is 3.